The highest BCUT2D eigenvalue weighted by atomic mass is 16.5. The highest BCUT2D eigenvalue weighted by Gasteiger charge is 2.23. The number of nitrogens with zero attached hydrogens (tertiary/aromatic N) is 3. The molecule has 0 saturated heterocycles. The van der Waals surface area contributed by atoms with Gasteiger partial charge in [-0.05, 0) is 23.5 Å². The van der Waals surface area contributed by atoms with Gasteiger partial charge in [-0.3, -0.25) is 4.98 Å². The molecule has 0 radical (unpaired) electrons. The van der Waals surface area contributed by atoms with Crippen LogP contribution < -0.4 is 5.73 Å². The molecule has 20 heavy (non-hydrogen) atoms. The lowest BCUT2D eigenvalue weighted by Crippen LogP contribution is -2.36. The van der Waals surface area contributed by atoms with Crippen LogP contribution in [-0.4, -0.2) is 21.2 Å². The van der Waals surface area contributed by atoms with Crippen LogP contribution in [0, 0.1) is 5.41 Å². The van der Waals surface area contributed by atoms with Gasteiger partial charge in [-0.1, -0.05) is 38.9 Å². The van der Waals surface area contributed by atoms with E-state index in [2.05, 4.69) is 42.8 Å². The molecule has 0 aliphatic heterocycles. The van der Waals surface area contributed by atoms with Crippen LogP contribution in [0.4, 0.5) is 0 Å². The quantitative estimate of drug-likeness (QED) is 0.927. The monoisotopic (exact) mass is 274 g/mol. The smallest absolute Gasteiger partial charge is 0.228 e. The highest BCUT2D eigenvalue weighted by molar-refractivity contribution is 5.53. The van der Waals surface area contributed by atoms with Crippen molar-refractivity contribution in [1.82, 2.24) is 15.1 Å². The molecule has 5 nitrogen and oxygen atoms in total. The first-order chi connectivity index (χ1) is 9.41. The largest absolute Gasteiger partial charge is 0.339 e. The van der Waals surface area contributed by atoms with Crippen molar-refractivity contribution in [3.63, 3.8) is 0 Å². The molecule has 0 bridgehead atoms. The Balaban J connectivity index is 2.21. The standard InChI is InChI=1S/C15H22N4O/c1-5-10-7-6-8-17-13(10)14-18-12(20-19-14)9-11(16)15(2,3)4/h6-8,11H,5,9,16H2,1-4H3. The fourth-order valence-corrected chi connectivity index (χ4v) is 1.85. The lowest BCUT2D eigenvalue weighted by molar-refractivity contribution is 0.286. The van der Waals surface area contributed by atoms with E-state index >= 15 is 0 Å². The van der Waals surface area contributed by atoms with Crippen LogP contribution in [0.3, 0.4) is 0 Å². The van der Waals surface area contributed by atoms with Crippen LogP contribution in [0.1, 0.15) is 39.1 Å². The molecule has 2 N–H and O–H groups in total. The molecule has 0 saturated carbocycles. The van der Waals surface area contributed by atoms with Crippen LogP contribution in [0.25, 0.3) is 11.5 Å². The summed E-state index contributed by atoms with van der Waals surface area (Å²) in [6, 6.07) is 3.92. The van der Waals surface area contributed by atoms with E-state index in [1.807, 2.05) is 12.1 Å². The third-order valence-corrected chi connectivity index (χ3v) is 3.46. The summed E-state index contributed by atoms with van der Waals surface area (Å²) in [7, 11) is 0. The van der Waals surface area contributed by atoms with Gasteiger partial charge in [0, 0.05) is 18.7 Å². The number of hydrogen-bond donors (Lipinski definition) is 1. The molecule has 0 aliphatic carbocycles. The van der Waals surface area contributed by atoms with Gasteiger partial charge < -0.3 is 10.3 Å². The minimum atomic E-state index is -0.0230. The zero-order valence-corrected chi connectivity index (χ0v) is 12.6. The molecule has 2 aromatic heterocycles. The van der Waals surface area contributed by atoms with Crippen molar-refractivity contribution in [2.45, 2.75) is 46.6 Å². The maximum Gasteiger partial charge on any atom is 0.228 e. The summed E-state index contributed by atoms with van der Waals surface area (Å²) >= 11 is 0. The van der Waals surface area contributed by atoms with Gasteiger partial charge in [0.1, 0.15) is 5.69 Å². The number of rotatable bonds is 4. The topological polar surface area (TPSA) is 77.8 Å². The van der Waals surface area contributed by atoms with Crippen molar-refractivity contribution < 1.29 is 4.52 Å². The van der Waals surface area contributed by atoms with Crippen molar-refractivity contribution in [2.24, 2.45) is 11.1 Å². The molecule has 2 aromatic rings. The van der Waals surface area contributed by atoms with E-state index in [1.165, 1.54) is 0 Å². The number of pyridine rings is 1. The second-order valence-corrected chi connectivity index (χ2v) is 6.05. The third kappa shape index (κ3) is 3.22. The van der Waals surface area contributed by atoms with E-state index in [1.54, 1.807) is 6.20 Å². The second kappa shape index (κ2) is 5.71. The zero-order valence-electron chi connectivity index (χ0n) is 12.6. The van der Waals surface area contributed by atoms with Crippen LogP contribution in [0.5, 0.6) is 0 Å². The summed E-state index contributed by atoms with van der Waals surface area (Å²) in [6.07, 6.45) is 3.20. The predicted molar refractivity (Wildman–Crippen MR) is 78.0 cm³/mol. The molecule has 0 fully saturated rings. The van der Waals surface area contributed by atoms with E-state index in [9.17, 15) is 0 Å². The van der Waals surface area contributed by atoms with Crippen molar-refractivity contribution in [2.75, 3.05) is 0 Å². The Labute approximate surface area is 119 Å². The molecular formula is C15H22N4O. The van der Waals surface area contributed by atoms with Crippen LogP contribution in [-0.2, 0) is 12.8 Å². The molecule has 1 unspecified atom stereocenters. The molecule has 108 valence electrons. The first-order valence-electron chi connectivity index (χ1n) is 6.94. The van der Waals surface area contributed by atoms with Gasteiger partial charge >= 0.3 is 0 Å². The number of aromatic nitrogens is 3. The van der Waals surface area contributed by atoms with Gasteiger partial charge in [-0.2, -0.15) is 4.98 Å². The average Bonchev–Trinajstić information content (AvgIpc) is 2.86. The van der Waals surface area contributed by atoms with Gasteiger partial charge in [-0.25, -0.2) is 0 Å². The number of nitrogens with two attached hydrogens (primary N) is 1. The average molecular weight is 274 g/mol. The third-order valence-electron chi connectivity index (χ3n) is 3.46. The Hall–Kier alpha value is -1.75. The number of hydrogen-bond acceptors (Lipinski definition) is 5. The Bertz CT molecular complexity index is 571. The molecule has 0 spiro atoms. The highest BCUT2D eigenvalue weighted by Crippen LogP contribution is 2.22. The summed E-state index contributed by atoms with van der Waals surface area (Å²) in [6.45, 7) is 8.38. The maximum absolute atomic E-state index is 6.14. The van der Waals surface area contributed by atoms with E-state index < -0.39 is 0 Å². The van der Waals surface area contributed by atoms with Crippen molar-refractivity contribution in [3.05, 3.63) is 29.8 Å². The molecule has 2 heterocycles. The summed E-state index contributed by atoms with van der Waals surface area (Å²) in [5.41, 5.74) is 8.05. The van der Waals surface area contributed by atoms with Gasteiger partial charge in [0.15, 0.2) is 0 Å². The van der Waals surface area contributed by atoms with Gasteiger partial charge in [-0.15, -0.1) is 0 Å². The van der Waals surface area contributed by atoms with E-state index in [-0.39, 0.29) is 11.5 Å². The maximum atomic E-state index is 6.14. The molecule has 0 aliphatic rings. The first-order valence-corrected chi connectivity index (χ1v) is 6.94. The van der Waals surface area contributed by atoms with Crippen molar-refractivity contribution in [1.29, 1.82) is 0 Å². The molecule has 0 aromatic carbocycles. The van der Waals surface area contributed by atoms with Crippen LogP contribution >= 0.6 is 0 Å². The van der Waals surface area contributed by atoms with Crippen molar-refractivity contribution >= 4 is 0 Å². The minimum Gasteiger partial charge on any atom is -0.339 e. The second-order valence-electron chi connectivity index (χ2n) is 6.05. The predicted octanol–water partition coefficient (Wildman–Crippen LogP) is 2.61. The lowest BCUT2D eigenvalue weighted by Gasteiger charge is -2.25. The summed E-state index contributed by atoms with van der Waals surface area (Å²) in [5, 5.41) is 4.03. The van der Waals surface area contributed by atoms with Gasteiger partial charge in [0.25, 0.3) is 0 Å². The van der Waals surface area contributed by atoms with Crippen molar-refractivity contribution in [3.8, 4) is 11.5 Å². The molecule has 5 heteroatoms. The summed E-state index contributed by atoms with van der Waals surface area (Å²) in [4.78, 5) is 8.77. The fraction of sp³-hybridized carbons (Fsp3) is 0.533. The zero-order chi connectivity index (χ0) is 14.8. The Morgan fingerprint density at radius 3 is 2.75 bits per heavy atom. The van der Waals surface area contributed by atoms with E-state index in [0.29, 0.717) is 18.1 Å². The molecule has 0 amide bonds. The summed E-state index contributed by atoms with van der Waals surface area (Å²) < 4.78 is 5.30. The Morgan fingerprint density at radius 2 is 2.10 bits per heavy atom. The molecule has 2 rings (SSSR count). The van der Waals surface area contributed by atoms with Crippen LogP contribution in [0.2, 0.25) is 0 Å². The first kappa shape index (κ1) is 14.7. The van der Waals surface area contributed by atoms with Gasteiger partial charge in [0.2, 0.25) is 11.7 Å². The summed E-state index contributed by atoms with van der Waals surface area (Å²) in [5.74, 6) is 1.11. The van der Waals surface area contributed by atoms with E-state index in [0.717, 1.165) is 17.7 Å². The van der Waals surface area contributed by atoms with Gasteiger partial charge in [0.05, 0.1) is 0 Å². The lowest BCUT2D eigenvalue weighted by atomic mass is 9.85. The number of aryl methyl sites for hydroxylation is 1. The minimum absolute atomic E-state index is 0.00814. The fourth-order valence-electron chi connectivity index (χ4n) is 1.85. The Kier molecular flexibility index (Phi) is 4.18. The van der Waals surface area contributed by atoms with E-state index in [4.69, 9.17) is 10.3 Å². The van der Waals surface area contributed by atoms with Crippen LogP contribution in [0.15, 0.2) is 22.9 Å². The molecular weight excluding hydrogens is 252 g/mol. The Morgan fingerprint density at radius 1 is 1.35 bits per heavy atom. The SMILES string of the molecule is CCc1cccnc1-c1noc(CC(N)C(C)(C)C)n1. The normalized spacial score (nSPS) is 13.4. The molecule has 1 atom stereocenters.